The standard InChI is InChI=1S/C31H64O3Si2/c1-11-13-15-17-18-19-21-23-25-31(35(6,7)8)28(33-29(31)32)26-27(24-22-20-16-14-12-2)34-36(9,10)30(3,4)5/h27-28H,11-26H2,1-10H3/t27-,28-,31-/m0/s1. The minimum atomic E-state index is -1.89. The van der Waals surface area contributed by atoms with Gasteiger partial charge < -0.3 is 9.16 Å². The lowest BCUT2D eigenvalue weighted by atomic mass is 9.85. The van der Waals surface area contributed by atoms with E-state index in [-0.39, 0.29) is 28.3 Å². The lowest BCUT2D eigenvalue weighted by Crippen LogP contribution is -2.63. The molecule has 1 rings (SSSR count). The molecule has 1 saturated heterocycles. The summed E-state index contributed by atoms with van der Waals surface area (Å²) in [6.07, 6.45) is 20.2. The average molecular weight is 541 g/mol. The van der Waals surface area contributed by atoms with Gasteiger partial charge in [0, 0.05) is 12.5 Å². The van der Waals surface area contributed by atoms with E-state index >= 15 is 0 Å². The molecule has 0 saturated carbocycles. The second-order valence-electron chi connectivity index (χ2n) is 14.3. The van der Waals surface area contributed by atoms with Crippen LogP contribution in [0.15, 0.2) is 0 Å². The topological polar surface area (TPSA) is 35.5 Å². The van der Waals surface area contributed by atoms with Crippen LogP contribution in [0.25, 0.3) is 0 Å². The molecular formula is C31H64O3Si2. The molecule has 0 amide bonds. The Bertz CT molecular complexity index is 620. The highest BCUT2D eigenvalue weighted by atomic mass is 28.4. The van der Waals surface area contributed by atoms with Gasteiger partial charge in [-0.15, -0.1) is 0 Å². The molecular weight excluding hydrogens is 477 g/mol. The molecule has 0 spiro atoms. The van der Waals surface area contributed by atoms with Crippen molar-refractivity contribution in [1.82, 2.24) is 0 Å². The number of cyclic esters (lactones) is 1. The van der Waals surface area contributed by atoms with E-state index in [0.29, 0.717) is 0 Å². The molecule has 3 atom stereocenters. The highest BCUT2D eigenvalue weighted by molar-refractivity contribution is 6.83. The first-order valence-corrected chi connectivity index (χ1v) is 22.0. The van der Waals surface area contributed by atoms with Crippen molar-refractivity contribution in [2.45, 2.75) is 192 Å². The third-order valence-electron chi connectivity index (χ3n) is 9.30. The summed E-state index contributed by atoms with van der Waals surface area (Å²) in [4.78, 5) is 13.2. The van der Waals surface area contributed by atoms with Crippen LogP contribution in [0.2, 0.25) is 42.8 Å². The van der Waals surface area contributed by atoms with Gasteiger partial charge in [0.05, 0.1) is 13.1 Å². The molecule has 0 aromatic rings. The zero-order chi connectivity index (χ0) is 27.5. The summed E-state index contributed by atoms with van der Waals surface area (Å²) in [5, 5.41) is -0.0385. The molecule has 214 valence electrons. The van der Waals surface area contributed by atoms with Crippen molar-refractivity contribution in [3.8, 4) is 0 Å². The van der Waals surface area contributed by atoms with Gasteiger partial charge in [-0.3, -0.25) is 4.79 Å². The zero-order valence-corrected chi connectivity index (χ0v) is 28.2. The zero-order valence-electron chi connectivity index (χ0n) is 26.2. The van der Waals surface area contributed by atoms with Crippen LogP contribution in [0.5, 0.6) is 0 Å². The highest BCUT2D eigenvalue weighted by Crippen LogP contribution is 2.57. The Hall–Kier alpha value is -0.136. The predicted octanol–water partition coefficient (Wildman–Crippen LogP) is 10.7. The van der Waals surface area contributed by atoms with E-state index in [9.17, 15) is 4.79 Å². The third kappa shape index (κ3) is 9.87. The molecule has 0 unspecified atom stereocenters. The summed E-state index contributed by atoms with van der Waals surface area (Å²) in [7, 11) is -3.65. The summed E-state index contributed by atoms with van der Waals surface area (Å²) >= 11 is 0. The van der Waals surface area contributed by atoms with Gasteiger partial charge in [-0.25, -0.2) is 0 Å². The lowest BCUT2D eigenvalue weighted by Gasteiger charge is -2.55. The summed E-state index contributed by atoms with van der Waals surface area (Å²) < 4.78 is 13.0. The van der Waals surface area contributed by atoms with E-state index < -0.39 is 16.4 Å². The minimum absolute atomic E-state index is 0.0478. The molecule has 0 N–H and O–H groups in total. The molecule has 0 aromatic carbocycles. The first-order valence-electron chi connectivity index (χ1n) is 15.6. The maximum absolute atomic E-state index is 13.2. The van der Waals surface area contributed by atoms with Crippen molar-refractivity contribution in [2.24, 2.45) is 0 Å². The van der Waals surface area contributed by atoms with Crippen molar-refractivity contribution < 1.29 is 14.0 Å². The van der Waals surface area contributed by atoms with E-state index in [2.05, 4.69) is 67.4 Å². The van der Waals surface area contributed by atoms with Crippen molar-refractivity contribution in [3.63, 3.8) is 0 Å². The molecule has 5 heteroatoms. The second-order valence-corrected chi connectivity index (χ2v) is 24.4. The van der Waals surface area contributed by atoms with E-state index in [4.69, 9.17) is 9.16 Å². The van der Waals surface area contributed by atoms with Crippen LogP contribution in [-0.4, -0.2) is 34.6 Å². The Morgan fingerprint density at radius 2 is 1.28 bits per heavy atom. The first-order chi connectivity index (χ1) is 16.7. The molecule has 0 aromatic heterocycles. The van der Waals surface area contributed by atoms with Gasteiger partial charge >= 0.3 is 5.97 Å². The van der Waals surface area contributed by atoms with Crippen LogP contribution in [-0.2, 0) is 14.0 Å². The Labute approximate surface area is 228 Å². The van der Waals surface area contributed by atoms with E-state index in [1.165, 1.54) is 77.0 Å². The van der Waals surface area contributed by atoms with Crippen molar-refractivity contribution in [1.29, 1.82) is 0 Å². The summed E-state index contributed by atoms with van der Waals surface area (Å²) in [5.74, 6) is 0.101. The van der Waals surface area contributed by atoms with Gasteiger partial charge in [-0.05, 0) is 31.0 Å². The number of ether oxygens (including phenoxy) is 1. The SMILES string of the molecule is CCCCCCCCCC[C@@]1([Si](C)(C)C)C(=O)O[C@H]1C[C@H](CCCCCCC)O[Si](C)(C)C(C)(C)C. The van der Waals surface area contributed by atoms with Gasteiger partial charge in [-0.1, -0.05) is 138 Å². The van der Waals surface area contributed by atoms with Gasteiger partial charge in [0.15, 0.2) is 8.32 Å². The van der Waals surface area contributed by atoms with Crippen molar-refractivity contribution in [3.05, 3.63) is 0 Å². The molecule has 0 aliphatic carbocycles. The van der Waals surface area contributed by atoms with Crippen LogP contribution < -0.4 is 0 Å². The van der Waals surface area contributed by atoms with Gasteiger partial charge in [0.25, 0.3) is 0 Å². The second kappa shape index (κ2) is 15.5. The van der Waals surface area contributed by atoms with Crippen LogP contribution in [0, 0.1) is 0 Å². The molecule has 1 aliphatic heterocycles. The minimum Gasteiger partial charge on any atom is -0.461 e. The van der Waals surface area contributed by atoms with Gasteiger partial charge in [0.2, 0.25) is 0 Å². The Morgan fingerprint density at radius 1 is 0.806 bits per heavy atom. The fraction of sp³-hybridized carbons (Fsp3) is 0.968. The van der Waals surface area contributed by atoms with E-state index in [1.807, 2.05) is 0 Å². The molecule has 1 aliphatic rings. The summed E-state index contributed by atoms with van der Waals surface area (Å²) in [5.41, 5.74) is 0. The van der Waals surface area contributed by atoms with E-state index in [0.717, 1.165) is 25.7 Å². The van der Waals surface area contributed by atoms with Crippen molar-refractivity contribution >= 4 is 22.4 Å². The quantitative estimate of drug-likeness (QED) is 0.0875. The Morgan fingerprint density at radius 3 is 1.72 bits per heavy atom. The van der Waals surface area contributed by atoms with Crippen LogP contribution >= 0.6 is 0 Å². The van der Waals surface area contributed by atoms with Crippen molar-refractivity contribution in [2.75, 3.05) is 0 Å². The number of hydrogen-bond acceptors (Lipinski definition) is 3. The number of unbranched alkanes of at least 4 members (excludes halogenated alkanes) is 11. The normalized spacial score (nSPS) is 21.8. The van der Waals surface area contributed by atoms with Gasteiger partial charge in [0.1, 0.15) is 6.10 Å². The monoisotopic (exact) mass is 540 g/mol. The summed E-state index contributed by atoms with van der Waals surface area (Å²) in [6.45, 7) is 23.4. The number of hydrogen-bond donors (Lipinski definition) is 0. The molecule has 0 radical (unpaired) electrons. The summed E-state index contributed by atoms with van der Waals surface area (Å²) in [6, 6.07) is 0. The number of esters is 1. The molecule has 0 bridgehead atoms. The molecule has 36 heavy (non-hydrogen) atoms. The maximum atomic E-state index is 13.2. The number of carbonyl (C=O) groups is 1. The highest BCUT2D eigenvalue weighted by Gasteiger charge is 2.64. The number of carbonyl (C=O) groups excluding carboxylic acids is 1. The average Bonchev–Trinajstić information content (AvgIpc) is 2.75. The molecule has 1 fully saturated rings. The smallest absolute Gasteiger partial charge is 0.313 e. The molecule has 1 heterocycles. The first kappa shape index (κ1) is 33.9. The maximum Gasteiger partial charge on any atom is 0.313 e. The largest absolute Gasteiger partial charge is 0.461 e. The van der Waals surface area contributed by atoms with Crippen LogP contribution in [0.3, 0.4) is 0 Å². The van der Waals surface area contributed by atoms with Crippen LogP contribution in [0.1, 0.15) is 137 Å². The Balaban J connectivity index is 2.87. The Kier molecular flexibility index (Phi) is 14.5. The number of rotatable bonds is 20. The van der Waals surface area contributed by atoms with Crippen LogP contribution in [0.4, 0.5) is 0 Å². The molecule has 3 nitrogen and oxygen atoms in total. The lowest BCUT2D eigenvalue weighted by molar-refractivity contribution is -0.186. The third-order valence-corrected chi connectivity index (χ3v) is 17.3. The fourth-order valence-electron chi connectivity index (χ4n) is 5.66. The predicted molar refractivity (Wildman–Crippen MR) is 163 cm³/mol. The van der Waals surface area contributed by atoms with Gasteiger partial charge in [-0.2, -0.15) is 0 Å². The fourth-order valence-corrected chi connectivity index (χ4v) is 9.80. The van der Waals surface area contributed by atoms with E-state index in [1.54, 1.807) is 0 Å².